The van der Waals surface area contributed by atoms with Gasteiger partial charge in [-0.1, -0.05) is 0 Å². The molecule has 0 aliphatic rings. The van der Waals surface area contributed by atoms with Gasteiger partial charge in [-0.25, -0.2) is 13.7 Å². The molecule has 0 amide bonds. The van der Waals surface area contributed by atoms with Gasteiger partial charge in [0.05, 0.1) is 0 Å². The Morgan fingerprint density at radius 1 is 0.778 bits per heavy atom. The number of hydrogen-bond acceptors (Lipinski definition) is 7. The van der Waals surface area contributed by atoms with Gasteiger partial charge in [-0.15, -0.1) is 0 Å². The van der Waals surface area contributed by atoms with Crippen molar-refractivity contribution >= 4 is 40.6 Å². The predicted octanol–water partition coefficient (Wildman–Crippen LogP) is -3.42. The summed E-state index contributed by atoms with van der Waals surface area (Å²) in [6.45, 7) is 0. The van der Waals surface area contributed by atoms with E-state index in [9.17, 15) is 9.18 Å². The Balaban J connectivity index is 0. The lowest BCUT2D eigenvalue weighted by atomic mass is 10.5. The average Bonchev–Trinajstić information content (AvgIpc) is 2.62. The number of nitrogen functional groups attached to an aromatic ring is 1. The van der Waals surface area contributed by atoms with Gasteiger partial charge in [-0.2, -0.15) is 14.4 Å². The van der Waals surface area contributed by atoms with Gasteiger partial charge in [0.2, 0.25) is 5.95 Å². The lowest BCUT2D eigenvalue weighted by molar-refractivity contribution is 0.272. The van der Waals surface area contributed by atoms with Gasteiger partial charge in [-0.05, 0) is 0 Å². The summed E-state index contributed by atoms with van der Waals surface area (Å²) in [6.07, 6.45) is -0.853. The Morgan fingerprint density at radius 3 is 1.44 bits per heavy atom. The van der Waals surface area contributed by atoms with E-state index in [-0.39, 0.29) is 17.1 Å². The normalized spacial score (nSPS) is 11.3. The molecule has 0 saturated heterocycles. The highest BCUT2D eigenvalue weighted by atomic mass is 31.2. The first-order valence-electron chi connectivity index (χ1n) is 5.42. The molecule has 0 fully saturated rings. The zero-order valence-corrected chi connectivity index (χ0v) is 15.0. The van der Waals surface area contributed by atoms with E-state index in [2.05, 4.69) is 19.9 Å². The van der Waals surface area contributed by atoms with Crippen molar-refractivity contribution in [1.29, 1.82) is 0 Å². The summed E-state index contributed by atoms with van der Waals surface area (Å²) in [7, 11) is -13.9. The van der Waals surface area contributed by atoms with Crippen molar-refractivity contribution in [3.8, 4) is 0 Å². The number of halogens is 1. The second-order valence-electron chi connectivity index (χ2n) is 3.72. The molecule has 2 heterocycles. The molecule has 0 aromatic carbocycles. The Bertz CT molecular complexity index is 852. The molecule has 22 heteroatoms. The molecule has 0 radical (unpaired) electrons. The molecule has 158 valence electrons. The summed E-state index contributed by atoms with van der Waals surface area (Å²) in [5.74, 6) is -0.0843. The van der Waals surface area contributed by atoms with Crippen LogP contribution >= 0.6 is 23.5 Å². The maximum Gasteiger partial charge on any atom is 0.466 e. The molecule has 18 nitrogen and oxygen atoms in total. The minimum Gasteiger partial charge on any atom is -0.369 e. The van der Waals surface area contributed by atoms with Crippen molar-refractivity contribution in [2.24, 2.45) is 0 Å². The SMILES string of the molecule is Nc1nc2nc(F)[nH]c2c(=O)[nH]1.O=P(O)(O)O.O=P(O)(O)O.O=P(O)(O)O. The van der Waals surface area contributed by atoms with Crippen LogP contribution in [-0.4, -0.2) is 64.0 Å². The van der Waals surface area contributed by atoms with E-state index in [1.807, 2.05) is 0 Å². The van der Waals surface area contributed by atoms with E-state index in [0.29, 0.717) is 0 Å². The van der Waals surface area contributed by atoms with Gasteiger partial charge in [0.1, 0.15) is 0 Å². The maximum atomic E-state index is 12.4. The fourth-order valence-electron chi connectivity index (χ4n) is 0.896. The van der Waals surface area contributed by atoms with Crippen LogP contribution in [0.25, 0.3) is 11.2 Å². The highest BCUT2D eigenvalue weighted by Gasteiger charge is 2.07. The number of rotatable bonds is 0. The van der Waals surface area contributed by atoms with E-state index in [4.69, 9.17) is 63.5 Å². The smallest absolute Gasteiger partial charge is 0.369 e. The van der Waals surface area contributed by atoms with Crippen LogP contribution in [0.5, 0.6) is 0 Å². The maximum absolute atomic E-state index is 12.4. The Hall–Kier alpha value is -1.59. The van der Waals surface area contributed by atoms with Crippen molar-refractivity contribution in [1.82, 2.24) is 19.9 Å². The van der Waals surface area contributed by atoms with E-state index >= 15 is 0 Å². The lowest BCUT2D eigenvalue weighted by Crippen LogP contribution is -2.10. The number of nitrogens with zero attached hydrogens (tertiary/aromatic N) is 2. The van der Waals surface area contributed by atoms with Crippen molar-refractivity contribution in [3.05, 3.63) is 16.4 Å². The largest absolute Gasteiger partial charge is 0.466 e. The van der Waals surface area contributed by atoms with E-state index in [0.717, 1.165) is 0 Å². The molecule has 0 atom stereocenters. The first-order chi connectivity index (χ1) is 11.7. The van der Waals surface area contributed by atoms with Gasteiger partial charge in [-0.3, -0.25) is 9.78 Å². The van der Waals surface area contributed by atoms with Crippen LogP contribution in [0.15, 0.2) is 4.79 Å². The van der Waals surface area contributed by atoms with Gasteiger partial charge >= 0.3 is 23.5 Å². The highest BCUT2D eigenvalue weighted by Crippen LogP contribution is 2.26. The van der Waals surface area contributed by atoms with Crippen LogP contribution in [0.2, 0.25) is 0 Å². The molecule has 0 spiro atoms. The summed E-state index contributed by atoms with van der Waals surface area (Å²) in [5, 5.41) is 0. The second-order valence-corrected chi connectivity index (χ2v) is 6.80. The van der Waals surface area contributed by atoms with Crippen molar-refractivity contribution in [2.75, 3.05) is 5.73 Å². The molecular formula is C5H13FN5O13P3. The Morgan fingerprint density at radius 2 is 1.11 bits per heavy atom. The first kappa shape index (κ1) is 27.6. The van der Waals surface area contributed by atoms with Crippen LogP contribution in [0.4, 0.5) is 10.3 Å². The monoisotopic (exact) mass is 463 g/mol. The molecular weight excluding hydrogens is 450 g/mol. The molecule has 2 aromatic heterocycles. The number of imidazole rings is 1. The number of aromatic nitrogens is 4. The molecule has 0 aliphatic heterocycles. The first-order valence-corrected chi connectivity index (χ1v) is 10.1. The number of fused-ring (bicyclic) bond motifs is 1. The van der Waals surface area contributed by atoms with Crippen LogP contribution < -0.4 is 11.3 Å². The molecule has 2 rings (SSSR count). The third kappa shape index (κ3) is 24.4. The standard InChI is InChI=1S/C5H4FN5O.3H3O4P/c6-4-8-1-2(9-4)10-5(7)11-3(1)12;3*1-5(2,3)4/h(H4,7,8,9,10,11,12);3*(H3,1,2,3,4). The molecule has 0 bridgehead atoms. The third-order valence-electron chi connectivity index (χ3n) is 1.35. The van der Waals surface area contributed by atoms with Crippen molar-refractivity contribution in [2.45, 2.75) is 0 Å². The van der Waals surface area contributed by atoms with Crippen LogP contribution in [0, 0.1) is 6.08 Å². The molecule has 0 saturated carbocycles. The molecule has 13 N–H and O–H groups in total. The minimum atomic E-state index is -4.64. The summed E-state index contributed by atoms with van der Waals surface area (Å²) in [6, 6.07) is 0. The lowest BCUT2D eigenvalue weighted by Gasteiger charge is -1.88. The van der Waals surface area contributed by atoms with Crippen molar-refractivity contribution < 1.29 is 62.1 Å². The number of nitrogens with one attached hydrogen (secondary N) is 2. The molecule has 0 aliphatic carbocycles. The summed E-state index contributed by atoms with van der Waals surface area (Å²) in [4.78, 5) is 86.9. The van der Waals surface area contributed by atoms with E-state index in [1.165, 1.54) is 0 Å². The van der Waals surface area contributed by atoms with Gasteiger partial charge in [0.15, 0.2) is 11.2 Å². The number of phosphoric acid groups is 3. The number of hydrogen-bond donors (Lipinski definition) is 12. The summed E-state index contributed by atoms with van der Waals surface area (Å²) >= 11 is 0. The highest BCUT2D eigenvalue weighted by molar-refractivity contribution is 7.45. The van der Waals surface area contributed by atoms with Crippen LogP contribution in [-0.2, 0) is 13.7 Å². The van der Waals surface area contributed by atoms with Gasteiger partial charge < -0.3 is 54.8 Å². The van der Waals surface area contributed by atoms with E-state index < -0.39 is 35.1 Å². The fraction of sp³-hybridized carbons (Fsp3) is 0. The molecule has 2 aromatic rings. The predicted molar refractivity (Wildman–Crippen MR) is 81.7 cm³/mol. The average molecular weight is 463 g/mol. The summed E-state index contributed by atoms with van der Waals surface area (Å²) < 4.78 is 39.1. The Labute approximate surface area is 145 Å². The number of nitrogens with two attached hydrogens (primary N) is 1. The van der Waals surface area contributed by atoms with Crippen LogP contribution in [0.1, 0.15) is 0 Å². The molecule has 0 unspecified atom stereocenters. The molecule has 27 heavy (non-hydrogen) atoms. The quantitative estimate of drug-likeness (QED) is 0.134. The van der Waals surface area contributed by atoms with Crippen molar-refractivity contribution in [3.63, 3.8) is 0 Å². The third-order valence-corrected chi connectivity index (χ3v) is 1.35. The fourth-order valence-corrected chi connectivity index (χ4v) is 0.896. The second kappa shape index (κ2) is 10.7. The van der Waals surface area contributed by atoms with Gasteiger partial charge in [0, 0.05) is 0 Å². The minimum absolute atomic E-state index is 0.0123. The van der Waals surface area contributed by atoms with Crippen LogP contribution in [0.3, 0.4) is 0 Å². The topological polar surface area (TPSA) is 334 Å². The summed E-state index contributed by atoms with van der Waals surface area (Å²) in [5.41, 5.74) is 4.63. The number of anilines is 1. The number of aromatic amines is 2. The van der Waals surface area contributed by atoms with Gasteiger partial charge in [0.25, 0.3) is 11.6 Å². The number of H-pyrrole nitrogens is 2. The Kier molecular flexibility index (Phi) is 10.9. The zero-order chi connectivity index (χ0) is 22.2. The van der Waals surface area contributed by atoms with E-state index in [1.54, 1.807) is 0 Å². The zero-order valence-electron chi connectivity index (χ0n) is 12.3.